The first-order chi connectivity index (χ1) is 10.5. The summed E-state index contributed by atoms with van der Waals surface area (Å²) in [6, 6.07) is 0. The quantitative estimate of drug-likeness (QED) is 0.592. The van der Waals surface area contributed by atoms with Gasteiger partial charge in [-0.1, -0.05) is 26.3 Å². The molecule has 0 aromatic heterocycles. The summed E-state index contributed by atoms with van der Waals surface area (Å²) in [4.78, 5) is 12.5. The number of hydrogen-bond donors (Lipinski definition) is 0. The zero-order valence-electron chi connectivity index (χ0n) is 14.4. The van der Waals surface area contributed by atoms with Crippen molar-refractivity contribution in [3.8, 4) is 0 Å². The Morgan fingerprint density at radius 3 is 2.64 bits per heavy atom. The van der Waals surface area contributed by atoms with Crippen molar-refractivity contribution < 1.29 is 4.79 Å². The number of hydrogen-bond acceptors (Lipinski definition) is 1. The molecule has 0 amide bonds. The summed E-state index contributed by atoms with van der Waals surface area (Å²) >= 11 is 0. The van der Waals surface area contributed by atoms with Gasteiger partial charge in [-0.25, -0.2) is 0 Å². The van der Waals surface area contributed by atoms with E-state index in [1.54, 1.807) is 0 Å². The second-order valence-corrected chi connectivity index (χ2v) is 9.21. The van der Waals surface area contributed by atoms with Crippen molar-refractivity contribution in [2.24, 2.45) is 40.4 Å². The molecule has 0 N–H and O–H groups in total. The van der Waals surface area contributed by atoms with Crippen molar-refractivity contribution in [1.29, 1.82) is 0 Å². The van der Waals surface area contributed by atoms with E-state index >= 15 is 0 Å². The fraction of sp³-hybridized carbons (Fsp3) is 0.857. The minimum Gasteiger partial charge on any atom is -0.299 e. The topological polar surface area (TPSA) is 17.1 Å². The highest BCUT2D eigenvalue weighted by Gasteiger charge is 2.61. The Bertz CT molecular complexity index is 494. The van der Waals surface area contributed by atoms with Gasteiger partial charge in [0.1, 0.15) is 5.78 Å². The molecule has 1 unspecified atom stereocenters. The third-order valence-electron chi connectivity index (χ3n) is 8.82. The summed E-state index contributed by atoms with van der Waals surface area (Å²) in [6.07, 6.45) is 13.7. The Morgan fingerprint density at radius 1 is 1.05 bits per heavy atom. The first-order valence-corrected chi connectivity index (χ1v) is 9.67. The third kappa shape index (κ3) is 1.74. The van der Waals surface area contributed by atoms with E-state index in [-0.39, 0.29) is 5.41 Å². The number of fused-ring (bicyclic) bond motifs is 5. The van der Waals surface area contributed by atoms with Crippen molar-refractivity contribution in [2.75, 3.05) is 0 Å². The summed E-state index contributed by atoms with van der Waals surface area (Å²) in [5.74, 6) is 4.54. The van der Waals surface area contributed by atoms with E-state index in [1.165, 1.54) is 44.9 Å². The molecule has 0 aromatic carbocycles. The zero-order valence-corrected chi connectivity index (χ0v) is 14.4. The fourth-order valence-corrected chi connectivity index (χ4v) is 7.54. The van der Waals surface area contributed by atoms with Crippen LogP contribution in [0.3, 0.4) is 0 Å². The molecule has 4 rings (SSSR count). The van der Waals surface area contributed by atoms with Crippen molar-refractivity contribution in [3.63, 3.8) is 0 Å². The number of rotatable bonds is 1. The molecule has 1 nitrogen and oxygen atoms in total. The molecule has 0 aliphatic heterocycles. The van der Waals surface area contributed by atoms with Gasteiger partial charge in [0.25, 0.3) is 0 Å². The molecule has 4 aliphatic carbocycles. The van der Waals surface area contributed by atoms with Gasteiger partial charge in [0.15, 0.2) is 0 Å². The summed E-state index contributed by atoms with van der Waals surface area (Å²) in [7, 11) is 0. The molecule has 4 aliphatic rings. The second-order valence-electron chi connectivity index (χ2n) is 9.21. The molecule has 1 heteroatoms. The number of ketones is 1. The molecule has 0 bridgehead atoms. The lowest BCUT2D eigenvalue weighted by molar-refractivity contribution is -0.143. The first-order valence-electron chi connectivity index (χ1n) is 9.67. The van der Waals surface area contributed by atoms with E-state index in [1.807, 2.05) is 0 Å². The van der Waals surface area contributed by atoms with E-state index in [0.29, 0.717) is 23.0 Å². The van der Waals surface area contributed by atoms with Crippen LogP contribution in [0.25, 0.3) is 0 Å². The Hall–Kier alpha value is -0.590. The maximum absolute atomic E-state index is 12.5. The Morgan fingerprint density at radius 2 is 1.86 bits per heavy atom. The standard InChI is InChI=1S/C21H32O/c1-4-14-6-5-7-15-8-9-16-17-10-11-19(22)20(17,2)13-12-18(16)21(14,15)3/h4,14-18H,1,5-13H2,2-3H3/t14?,15-,16+,17+,18+,20+,21+/m1/s1. The van der Waals surface area contributed by atoms with Crippen molar-refractivity contribution in [3.05, 3.63) is 12.7 Å². The molecule has 122 valence electrons. The van der Waals surface area contributed by atoms with Crippen LogP contribution in [0, 0.1) is 40.4 Å². The lowest BCUT2D eigenvalue weighted by atomic mass is 9.43. The van der Waals surface area contributed by atoms with Gasteiger partial charge in [0.05, 0.1) is 0 Å². The minimum atomic E-state index is 0.0305. The van der Waals surface area contributed by atoms with Crippen LogP contribution in [-0.4, -0.2) is 5.78 Å². The number of carbonyl (C=O) groups excluding carboxylic acids is 1. The van der Waals surface area contributed by atoms with Gasteiger partial charge < -0.3 is 0 Å². The molecular formula is C21H32O. The van der Waals surface area contributed by atoms with Crippen molar-refractivity contribution >= 4 is 5.78 Å². The van der Waals surface area contributed by atoms with E-state index in [0.717, 1.165) is 30.6 Å². The van der Waals surface area contributed by atoms with Crippen LogP contribution in [0.2, 0.25) is 0 Å². The van der Waals surface area contributed by atoms with Crippen LogP contribution in [0.5, 0.6) is 0 Å². The van der Waals surface area contributed by atoms with Gasteiger partial charge >= 0.3 is 0 Å². The summed E-state index contributed by atoms with van der Waals surface area (Å²) in [5, 5.41) is 0. The summed E-state index contributed by atoms with van der Waals surface area (Å²) in [5.41, 5.74) is 0.499. The Kier molecular flexibility index (Phi) is 3.37. The van der Waals surface area contributed by atoms with Crippen LogP contribution in [0.4, 0.5) is 0 Å². The van der Waals surface area contributed by atoms with Crippen LogP contribution >= 0.6 is 0 Å². The maximum Gasteiger partial charge on any atom is 0.139 e. The van der Waals surface area contributed by atoms with Crippen LogP contribution < -0.4 is 0 Å². The molecule has 0 heterocycles. The predicted molar refractivity (Wildman–Crippen MR) is 90.4 cm³/mol. The molecule has 4 saturated carbocycles. The normalized spacial score (nSPS) is 54.3. The highest BCUT2D eigenvalue weighted by atomic mass is 16.1. The molecule has 0 saturated heterocycles. The molecular weight excluding hydrogens is 268 g/mol. The van der Waals surface area contributed by atoms with Gasteiger partial charge in [-0.2, -0.15) is 0 Å². The average Bonchev–Trinajstić information content (AvgIpc) is 2.82. The molecule has 0 aromatic rings. The third-order valence-corrected chi connectivity index (χ3v) is 8.82. The molecule has 22 heavy (non-hydrogen) atoms. The van der Waals surface area contributed by atoms with Crippen molar-refractivity contribution in [1.82, 2.24) is 0 Å². The van der Waals surface area contributed by atoms with Gasteiger partial charge in [-0.05, 0) is 80.0 Å². The lowest BCUT2D eigenvalue weighted by Crippen LogP contribution is -2.55. The van der Waals surface area contributed by atoms with E-state index in [4.69, 9.17) is 0 Å². The lowest BCUT2D eigenvalue weighted by Gasteiger charge is -2.61. The summed E-state index contributed by atoms with van der Waals surface area (Å²) in [6.45, 7) is 9.09. The molecule has 0 radical (unpaired) electrons. The maximum atomic E-state index is 12.5. The summed E-state index contributed by atoms with van der Waals surface area (Å²) < 4.78 is 0. The number of allylic oxidation sites excluding steroid dienone is 1. The average molecular weight is 300 g/mol. The molecule has 0 spiro atoms. The van der Waals surface area contributed by atoms with Gasteiger partial charge in [-0.15, -0.1) is 6.58 Å². The molecule has 4 fully saturated rings. The van der Waals surface area contributed by atoms with Crippen LogP contribution in [-0.2, 0) is 4.79 Å². The Balaban J connectivity index is 1.70. The van der Waals surface area contributed by atoms with Crippen LogP contribution in [0.15, 0.2) is 12.7 Å². The van der Waals surface area contributed by atoms with E-state index in [2.05, 4.69) is 26.5 Å². The first kappa shape index (κ1) is 15.0. The largest absolute Gasteiger partial charge is 0.299 e. The predicted octanol–water partition coefficient (Wildman–Crippen LogP) is 5.40. The van der Waals surface area contributed by atoms with Crippen molar-refractivity contribution in [2.45, 2.75) is 71.6 Å². The smallest absolute Gasteiger partial charge is 0.139 e. The zero-order chi connectivity index (χ0) is 15.5. The fourth-order valence-electron chi connectivity index (χ4n) is 7.54. The van der Waals surface area contributed by atoms with E-state index < -0.39 is 0 Å². The minimum absolute atomic E-state index is 0.0305. The van der Waals surface area contributed by atoms with Gasteiger partial charge in [0.2, 0.25) is 0 Å². The van der Waals surface area contributed by atoms with E-state index in [9.17, 15) is 4.79 Å². The highest BCUT2D eigenvalue weighted by molar-refractivity contribution is 5.87. The number of Topliss-reactive ketones (excluding diaryl/α,β-unsaturated/α-hetero) is 1. The van der Waals surface area contributed by atoms with Gasteiger partial charge in [0, 0.05) is 11.8 Å². The monoisotopic (exact) mass is 300 g/mol. The SMILES string of the molecule is C=CC1CCC[C@@H]2CC[C@@H]3[C@H](CC[C@]4(C)C(=O)CC[C@@H]34)[C@@]12C. The van der Waals surface area contributed by atoms with Crippen LogP contribution in [0.1, 0.15) is 71.6 Å². The number of carbonyl (C=O) groups is 1. The second kappa shape index (κ2) is 4.95. The van der Waals surface area contributed by atoms with Gasteiger partial charge in [-0.3, -0.25) is 4.79 Å². The Labute approximate surface area is 135 Å². The highest BCUT2D eigenvalue weighted by Crippen LogP contribution is 2.66. The molecule has 7 atom stereocenters.